The van der Waals surface area contributed by atoms with E-state index in [1.807, 2.05) is 6.92 Å². The molecular formula is C49H42O15. The lowest BCUT2D eigenvalue weighted by atomic mass is 9.97. The zero-order valence-corrected chi connectivity index (χ0v) is 34.6. The molecule has 15 heteroatoms. The van der Waals surface area contributed by atoms with Crippen molar-refractivity contribution >= 4 is 40.8 Å². The van der Waals surface area contributed by atoms with Crippen LogP contribution in [0.3, 0.4) is 0 Å². The monoisotopic (exact) mass is 870 g/mol. The van der Waals surface area contributed by atoms with Crippen molar-refractivity contribution in [3.63, 3.8) is 0 Å². The smallest absolute Gasteiger partial charge is 0.383 e. The highest BCUT2D eigenvalue weighted by atomic mass is 16.7. The van der Waals surface area contributed by atoms with E-state index in [0.29, 0.717) is 12.4 Å². The molecule has 7 rings (SSSR count). The molecule has 2 heterocycles. The molecule has 0 amide bonds. The van der Waals surface area contributed by atoms with Gasteiger partial charge in [-0.25, -0.2) is 24.0 Å². The quantitative estimate of drug-likeness (QED) is 0.0401. The van der Waals surface area contributed by atoms with Crippen molar-refractivity contribution in [1.29, 1.82) is 0 Å². The molecule has 0 spiro atoms. The summed E-state index contributed by atoms with van der Waals surface area (Å²) in [4.78, 5) is 81.5. The van der Waals surface area contributed by atoms with Crippen LogP contribution in [0, 0.1) is 0 Å². The lowest BCUT2D eigenvalue weighted by Gasteiger charge is -2.44. The maximum absolute atomic E-state index is 14.1. The largest absolute Gasteiger partial charge is 0.493 e. The number of ether oxygens (including phenoxy) is 8. The topological polar surface area (TPSA) is 189 Å². The van der Waals surface area contributed by atoms with Crippen LogP contribution in [0.1, 0.15) is 68.1 Å². The normalized spacial score (nSPS) is 17.9. The Labute approximate surface area is 366 Å². The second-order valence-electron chi connectivity index (χ2n) is 14.3. The number of unbranched alkanes of at least 4 members (excludes halogenated alkanes) is 1. The fraction of sp³-hybridized carbons (Fsp3) is 0.224. The maximum Gasteiger partial charge on any atom is 0.383 e. The summed E-state index contributed by atoms with van der Waals surface area (Å²) in [5.74, 6) is -5.23. The first-order valence-electron chi connectivity index (χ1n) is 20.3. The lowest BCUT2D eigenvalue weighted by Crippen LogP contribution is -2.64. The van der Waals surface area contributed by atoms with Crippen molar-refractivity contribution in [2.75, 3.05) is 13.2 Å². The molecule has 0 aliphatic carbocycles. The predicted octanol–water partition coefficient (Wildman–Crippen LogP) is 7.53. The van der Waals surface area contributed by atoms with Gasteiger partial charge >= 0.3 is 35.5 Å². The van der Waals surface area contributed by atoms with E-state index < -0.39 is 84.3 Å². The van der Waals surface area contributed by atoms with Gasteiger partial charge in [0, 0.05) is 13.0 Å². The van der Waals surface area contributed by atoms with Gasteiger partial charge in [0.2, 0.25) is 12.4 Å². The summed E-state index contributed by atoms with van der Waals surface area (Å²) in [5.41, 5.74) is -0.773. The fourth-order valence-electron chi connectivity index (χ4n) is 6.65. The summed E-state index contributed by atoms with van der Waals surface area (Å²) >= 11 is 0. The van der Waals surface area contributed by atoms with Crippen LogP contribution >= 0.6 is 0 Å². The van der Waals surface area contributed by atoms with Crippen molar-refractivity contribution in [2.45, 2.75) is 57.4 Å². The Bertz CT molecular complexity index is 2630. The van der Waals surface area contributed by atoms with E-state index in [0.717, 1.165) is 19.8 Å². The standard InChI is InChI=1S/C49H42O15/c1-3-4-27-56-35-25-26-36-37(28-35)59-48(55)42(58-30(2)50)39(36)64-49-43(63-47(54)34-23-15-8-16-24-34)41(62-46(53)33-21-13-7-14-22-33)40(61-45(52)32-19-11-6-12-20-32)38(60-49)29-57-44(51)31-17-9-5-10-18-31/h5-26,28,38,40-41,43,49H,3-4,27,29H2,1-2H3/t38-,40+,41+,43-,49+/m1/s1. The maximum atomic E-state index is 14.1. The van der Waals surface area contributed by atoms with Gasteiger partial charge in [0.15, 0.2) is 18.0 Å². The molecule has 1 aliphatic heterocycles. The molecule has 0 unspecified atom stereocenters. The minimum atomic E-state index is -1.90. The summed E-state index contributed by atoms with van der Waals surface area (Å²) < 4.78 is 53.8. The zero-order valence-electron chi connectivity index (χ0n) is 34.6. The van der Waals surface area contributed by atoms with Gasteiger partial charge in [-0.05, 0) is 67.1 Å². The summed E-state index contributed by atoms with van der Waals surface area (Å²) in [5, 5.41) is 0.0814. The van der Waals surface area contributed by atoms with Crippen LogP contribution in [0.25, 0.3) is 11.0 Å². The van der Waals surface area contributed by atoms with Crippen molar-refractivity contribution in [1.82, 2.24) is 0 Å². The highest BCUT2D eigenvalue weighted by molar-refractivity contribution is 5.92. The van der Waals surface area contributed by atoms with E-state index in [4.69, 9.17) is 42.3 Å². The average Bonchev–Trinajstić information content (AvgIpc) is 3.32. The average molecular weight is 871 g/mol. The molecule has 0 saturated carbocycles. The van der Waals surface area contributed by atoms with Gasteiger partial charge in [-0.2, -0.15) is 0 Å². The molecule has 0 N–H and O–H groups in total. The first-order valence-corrected chi connectivity index (χ1v) is 20.3. The number of carbonyl (C=O) groups excluding carboxylic acids is 5. The number of hydrogen-bond donors (Lipinski definition) is 0. The minimum absolute atomic E-state index is 0.0476. The van der Waals surface area contributed by atoms with Crippen molar-refractivity contribution < 1.29 is 66.3 Å². The number of carbonyl (C=O) groups is 5. The van der Waals surface area contributed by atoms with Crippen LogP contribution < -0.4 is 19.8 Å². The first-order chi connectivity index (χ1) is 31.1. The highest BCUT2D eigenvalue weighted by Gasteiger charge is 2.54. The van der Waals surface area contributed by atoms with Crippen LogP contribution in [0.4, 0.5) is 0 Å². The molecule has 1 aliphatic rings. The Hall–Kier alpha value is -7.78. The number of rotatable bonds is 16. The van der Waals surface area contributed by atoms with Gasteiger partial charge in [0.25, 0.3) is 5.75 Å². The molecule has 0 bridgehead atoms. The van der Waals surface area contributed by atoms with Gasteiger partial charge in [-0.15, -0.1) is 0 Å². The van der Waals surface area contributed by atoms with Crippen molar-refractivity contribution in [3.8, 4) is 17.2 Å². The number of hydrogen-bond acceptors (Lipinski definition) is 15. The van der Waals surface area contributed by atoms with Crippen LogP contribution in [0.15, 0.2) is 149 Å². The number of benzene rings is 5. The molecule has 1 fully saturated rings. The van der Waals surface area contributed by atoms with Gasteiger partial charge in [0.05, 0.1) is 34.2 Å². The molecule has 1 aromatic heterocycles. The Morgan fingerprint density at radius 1 is 0.594 bits per heavy atom. The van der Waals surface area contributed by atoms with E-state index in [1.165, 1.54) is 60.7 Å². The van der Waals surface area contributed by atoms with Gasteiger partial charge in [-0.3, -0.25) is 4.79 Å². The summed E-state index contributed by atoms with van der Waals surface area (Å²) in [6.45, 7) is 2.79. The van der Waals surface area contributed by atoms with Crippen molar-refractivity contribution in [3.05, 3.63) is 172 Å². The molecule has 1 saturated heterocycles. The van der Waals surface area contributed by atoms with E-state index >= 15 is 0 Å². The minimum Gasteiger partial charge on any atom is -0.493 e. The third-order valence-electron chi connectivity index (χ3n) is 9.78. The first kappa shape index (κ1) is 44.3. The van der Waals surface area contributed by atoms with Gasteiger partial charge < -0.3 is 42.3 Å². The van der Waals surface area contributed by atoms with Gasteiger partial charge in [0.1, 0.15) is 24.0 Å². The molecule has 328 valence electrons. The van der Waals surface area contributed by atoms with Gasteiger partial charge in [-0.1, -0.05) is 86.1 Å². The van der Waals surface area contributed by atoms with E-state index in [9.17, 15) is 28.8 Å². The Morgan fingerprint density at radius 2 is 1.09 bits per heavy atom. The third-order valence-corrected chi connectivity index (χ3v) is 9.78. The zero-order chi connectivity index (χ0) is 45.0. The third kappa shape index (κ3) is 10.8. The summed E-state index contributed by atoms with van der Waals surface area (Å²) in [7, 11) is 0. The van der Waals surface area contributed by atoms with E-state index in [2.05, 4.69) is 0 Å². The Morgan fingerprint density at radius 3 is 1.61 bits per heavy atom. The van der Waals surface area contributed by atoms with Crippen molar-refractivity contribution in [2.24, 2.45) is 0 Å². The lowest BCUT2D eigenvalue weighted by molar-refractivity contribution is -0.275. The highest BCUT2D eigenvalue weighted by Crippen LogP contribution is 2.39. The second kappa shape index (κ2) is 20.9. The second-order valence-corrected chi connectivity index (χ2v) is 14.3. The number of fused-ring (bicyclic) bond motifs is 1. The fourth-order valence-corrected chi connectivity index (χ4v) is 6.65. The number of esters is 5. The molecule has 0 radical (unpaired) electrons. The van der Waals surface area contributed by atoms with E-state index in [1.54, 1.807) is 78.9 Å². The summed E-state index contributed by atoms with van der Waals surface area (Å²) in [6, 6.07) is 36.1. The Kier molecular flexibility index (Phi) is 14.4. The predicted molar refractivity (Wildman–Crippen MR) is 227 cm³/mol. The van der Waals surface area contributed by atoms with Crippen LogP contribution in [-0.2, 0) is 28.5 Å². The molecule has 64 heavy (non-hydrogen) atoms. The molecule has 5 atom stereocenters. The molecule has 5 aromatic carbocycles. The van der Waals surface area contributed by atoms with Crippen LogP contribution in [0.5, 0.6) is 17.2 Å². The Balaban J connectivity index is 1.38. The SMILES string of the molecule is CCCCOc1ccc2c(O[C@@H]3O[C@H](COC(=O)c4ccccc4)[C@H](OC(=O)c4ccccc4)[C@H](OC(=O)c4ccccc4)[C@H]3OC(=O)c3ccccc3)c(OC(C)=O)c(=O)oc2c1. The molecular weight excluding hydrogens is 829 g/mol. The summed E-state index contributed by atoms with van der Waals surface area (Å²) in [6.07, 6.45) is -7.10. The molecule has 15 nitrogen and oxygen atoms in total. The van der Waals surface area contributed by atoms with Crippen LogP contribution in [0.2, 0.25) is 0 Å². The van der Waals surface area contributed by atoms with Crippen LogP contribution in [-0.4, -0.2) is 73.8 Å². The molecule has 6 aromatic rings. The van der Waals surface area contributed by atoms with E-state index in [-0.39, 0.29) is 33.2 Å².